The molecular weight excluding hydrogens is 234 g/mol. The lowest BCUT2D eigenvalue weighted by molar-refractivity contribution is 0.708. The van der Waals surface area contributed by atoms with Gasteiger partial charge in [-0.25, -0.2) is 9.97 Å². The Morgan fingerprint density at radius 1 is 1.06 bits per heavy atom. The maximum Gasteiger partial charge on any atom is 0.226 e. The first-order valence-corrected chi connectivity index (χ1v) is 6.94. The predicted octanol–water partition coefficient (Wildman–Crippen LogP) is 3.25. The van der Waals surface area contributed by atoms with Gasteiger partial charge in [0.15, 0.2) is 0 Å². The first-order chi connectivity index (χ1) is 8.26. The molecule has 0 atom stereocenters. The molecule has 1 aliphatic carbocycles. The normalized spacial score (nSPS) is 15.2. The molecule has 94 valence electrons. The Bertz CT molecular complexity index is 388. The molecule has 0 bridgehead atoms. The molecule has 3 nitrogen and oxygen atoms in total. The fourth-order valence-corrected chi connectivity index (χ4v) is 2.64. The Hall–Kier alpha value is -0.830. The number of halogens is 1. The quantitative estimate of drug-likeness (QED) is 0.612. The Kier molecular flexibility index (Phi) is 4.21. The van der Waals surface area contributed by atoms with Crippen molar-refractivity contribution in [3.05, 3.63) is 16.4 Å². The highest BCUT2D eigenvalue weighted by Gasteiger charge is 2.17. The average molecular weight is 254 g/mol. The molecule has 2 rings (SSSR count). The second-order valence-corrected chi connectivity index (χ2v) is 4.83. The summed E-state index contributed by atoms with van der Waals surface area (Å²) in [6.45, 7) is 6.08. The van der Waals surface area contributed by atoms with Gasteiger partial charge in [-0.1, -0.05) is 18.0 Å². The van der Waals surface area contributed by atoms with E-state index in [-0.39, 0.29) is 0 Å². The largest absolute Gasteiger partial charge is 0.341 e. The van der Waals surface area contributed by atoms with E-state index in [1.54, 1.807) is 0 Å². The highest BCUT2D eigenvalue weighted by molar-refractivity contribution is 6.30. The van der Waals surface area contributed by atoms with Crippen molar-refractivity contribution in [2.45, 2.75) is 46.0 Å². The molecule has 0 saturated carbocycles. The van der Waals surface area contributed by atoms with E-state index in [0.29, 0.717) is 5.15 Å². The van der Waals surface area contributed by atoms with Crippen LogP contribution >= 0.6 is 11.6 Å². The molecule has 0 radical (unpaired) electrons. The van der Waals surface area contributed by atoms with Crippen molar-refractivity contribution >= 4 is 17.5 Å². The SMILES string of the molecule is CCN(CC)c1nc(Cl)c2c(n1)CCCCC2. The Balaban J connectivity index is 2.38. The van der Waals surface area contributed by atoms with E-state index < -0.39 is 0 Å². The number of fused-ring (bicyclic) bond motifs is 1. The van der Waals surface area contributed by atoms with Gasteiger partial charge in [0.25, 0.3) is 0 Å². The fraction of sp³-hybridized carbons (Fsp3) is 0.692. The summed E-state index contributed by atoms with van der Waals surface area (Å²) in [5.41, 5.74) is 2.35. The zero-order valence-corrected chi connectivity index (χ0v) is 11.4. The molecule has 17 heavy (non-hydrogen) atoms. The number of aryl methyl sites for hydroxylation is 1. The molecule has 1 aromatic rings. The second-order valence-electron chi connectivity index (χ2n) is 4.47. The Morgan fingerprint density at radius 3 is 2.47 bits per heavy atom. The van der Waals surface area contributed by atoms with Gasteiger partial charge in [0.2, 0.25) is 5.95 Å². The van der Waals surface area contributed by atoms with Crippen molar-refractivity contribution in [2.75, 3.05) is 18.0 Å². The van der Waals surface area contributed by atoms with Crippen LogP contribution in [0.15, 0.2) is 0 Å². The lowest BCUT2D eigenvalue weighted by atomic mass is 10.1. The third-order valence-electron chi connectivity index (χ3n) is 3.42. The maximum absolute atomic E-state index is 6.30. The van der Waals surface area contributed by atoms with Crippen LogP contribution in [0.5, 0.6) is 0 Å². The van der Waals surface area contributed by atoms with Crippen LogP contribution < -0.4 is 4.90 Å². The first-order valence-electron chi connectivity index (χ1n) is 6.56. The van der Waals surface area contributed by atoms with Gasteiger partial charge >= 0.3 is 0 Å². The monoisotopic (exact) mass is 253 g/mol. The van der Waals surface area contributed by atoms with Crippen LogP contribution in [0, 0.1) is 0 Å². The van der Waals surface area contributed by atoms with Gasteiger partial charge in [0, 0.05) is 18.7 Å². The lowest BCUT2D eigenvalue weighted by Crippen LogP contribution is -2.25. The summed E-state index contributed by atoms with van der Waals surface area (Å²) in [4.78, 5) is 11.3. The number of nitrogens with zero attached hydrogens (tertiary/aromatic N) is 3. The number of anilines is 1. The topological polar surface area (TPSA) is 29.0 Å². The molecule has 1 heterocycles. The van der Waals surface area contributed by atoms with Gasteiger partial charge in [-0.05, 0) is 39.5 Å². The van der Waals surface area contributed by atoms with Crippen LogP contribution in [0.4, 0.5) is 5.95 Å². The van der Waals surface area contributed by atoms with Crippen molar-refractivity contribution in [1.82, 2.24) is 9.97 Å². The summed E-state index contributed by atoms with van der Waals surface area (Å²) in [6, 6.07) is 0. The minimum Gasteiger partial charge on any atom is -0.341 e. The van der Waals surface area contributed by atoms with Crippen molar-refractivity contribution in [3.8, 4) is 0 Å². The number of rotatable bonds is 3. The molecule has 0 aromatic carbocycles. The van der Waals surface area contributed by atoms with Crippen LogP contribution in [-0.4, -0.2) is 23.1 Å². The minimum absolute atomic E-state index is 0.666. The van der Waals surface area contributed by atoms with Crippen LogP contribution in [-0.2, 0) is 12.8 Å². The van der Waals surface area contributed by atoms with Crippen LogP contribution in [0.1, 0.15) is 44.4 Å². The van der Waals surface area contributed by atoms with Crippen molar-refractivity contribution in [3.63, 3.8) is 0 Å². The van der Waals surface area contributed by atoms with E-state index in [9.17, 15) is 0 Å². The standard InChI is InChI=1S/C13H20ClN3/c1-3-17(4-2)13-15-11-9-7-5-6-8-10(11)12(14)16-13/h3-9H2,1-2H3. The smallest absolute Gasteiger partial charge is 0.226 e. The van der Waals surface area contributed by atoms with Crippen molar-refractivity contribution in [1.29, 1.82) is 0 Å². The van der Waals surface area contributed by atoms with Crippen LogP contribution in [0.3, 0.4) is 0 Å². The number of hydrogen-bond donors (Lipinski definition) is 0. The zero-order valence-electron chi connectivity index (χ0n) is 10.7. The van der Waals surface area contributed by atoms with Crippen LogP contribution in [0.2, 0.25) is 5.15 Å². The summed E-state index contributed by atoms with van der Waals surface area (Å²) in [5, 5.41) is 0.666. The first kappa shape index (κ1) is 12.6. The zero-order chi connectivity index (χ0) is 12.3. The van der Waals surface area contributed by atoms with E-state index in [1.807, 2.05) is 0 Å². The van der Waals surface area contributed by atoms with E-state index in [1.165, 1.54) is 30.5 Å². The lowest BCUT2D eigenvalue weighted by Gasteiger charge is -2.20. The predicted molar refractivity (Wildman–Crippen MR) is 71.9 cm³/mol. The van der Waals surface area contributed by atoms with Gasteiger partial charge in [-0.15, -0.1) is 0 Å². The van der Waals surface area contributed by atoms with Gasteiger partial charge in [0.05, 0.1) is 5.69 Å². The molecule has 0 amide bonds. The number of aromatic nitrogens is 2. The van der Waals surface area contributed by atoms with E-state index in [4.69, 9.17) is 16.6 Å². The Labute approximate surface area is 108 Å². The van der Waals surface area contributed by atoms with Gasteiger partial charge in [-0.2, -0.15) is 0 Å². The molecule has 1 aromatic heterocycles. The highest BCUT2D eigenvalue weighted by atomic mass is 35.5. The van der Waals surface area contributed by atoms with Gasteiger partial charge in [0.1, 0.15) is 5.15 Å². The maximum atomic E-state index is 6.30. The third kappa shape index (κ3) is 2.71. The minimum atomic E-state index is 0.666. The number of hydrogen-bond acceptors (Lipinski definition) is 3. The fourth-order valence-electron chi connectivity index (χ4n) is 2.36. The molecule has 1 aliphatic rings. The van der Waals surface area contributed by atoms with Gasteiger partial charge < -0.3 is 4.90 Å². The van der Waals surface area contributed by atoms with Crippen molar-refractivity contribution < 1.29 is 0 Å². The van der Waals surface area contributed by atoms with E-state index in [0.717, 1.165) is 31.9 Å². The summed E-state index contributed by atoms with van der Waals surface area (Å²) in [7, 11) is 0. The van der Waals surface area contributed by atoms with Gasteiger partial charge in [-0.3, -0.25) is 0 Å². The molecule has 4 heteroatoms. The molecule has 0 aliphatic heterocycles. The van der Waals surface area contributed by atoms with Crippen molar-refractivity contribution in [2.24, 2.45) is 0 Å². The summed E-state index contributed by atoms with van der Waals surface area (Å²) >= 11 is 6.30. The summed E-state index contributed by atoms with van der Waals surface area (Å²) in [6.07, 6.45) is 5.78. The molecule has 0 saturated heterocycles. The average Bonchev–Trinajstić information content (AvgIpc) is 2.56. The van der Waals surface area contributed by atoms with E-state index >= 15 is 0 Å². The second kappa shape index (κ2) is 5.67. The highest BCUT2D eigenvalue weighted by Crippen LogP contribution is 2.26. The molecule has 0 fully saturated rings. The summed E-state index contributed by atoms with van der Waals surface area (Å²) < 4.78 is 0. The van der Waals surface area contributed by atoms with E-state index in [2.05, 4.69) is 23.7 Å². The molecule has 0 unspecified atom stereocenters. The third-order valence-corrected chi connectivity index (χ3v) is 3.73. The van der Waals surface area contributed by atoms with Crippen LogP contribution in [0.25, 0.3) is 0 Å². The summed E-state index contributed by atoms with van der Waals surface area (Å²) in [5.74, 6) is 0.792. The molecule has 0 N–H and O–H groups in total. The Morgan fingerprint density at radius 2 is 1.76 bits per heavy atom. The molecular formula is C13H20ClN3. The molecule has 0 spiro atoms.